The molecule has 1 aliphatic rings. The first-order chi connectivity index (χ1) is 12.1. The van der Waals surface area contributed by atoms with Crippen LogP contribution in [0.2, 0.25) is 0 Å². The zero-order valence-electron chi connectivity index (χ0n) is 14.2. The molecular formula is C20H19N3O2. The highest BCUT2D eigenvalue weighted by atomic mass is 16.5. The molecule has 2 heterocycles. The van der Waals surface area contributed by atoms with Crippen molar-refractivity contribution in [2.24, 2.45) is 0 Å². The number of hydrogen-bond acceptors (Lipinski definition) is 3. The SMILES string of the molecule is CC(C)c1ccc(NC(=O)c2[nH]nc3c2COc2ccccc2-3)cc1. The summed E-state index contributed by atoms with van der Waals surface area (Å²) in [5.74, 6) is 1.04. The number of nitrogens with one attached hydrogen (secondary N) is 2. The van der Waals surface area contributed by atoms with Crippen LogP contribution in [0.3, 0.4) is 0 Å². The molecule has 3 aromatic rings. The first kappa shape index (κ1) is 15.4. The highest BCUT2D eigenvalue weighted by Crippen LogP contribution is 2.37. The number of aromatic amines is 1. The predicted molar refractivity (Wildman–Crippen MR) is 96.8 cm³/mol. The van der Waals surface area contributed by atoms with Crippen LogP contribution in [0.4, 0.5) is 5.69 Å². The Morgan fingerprint density at radius 2 is 1.92 bits per heavy atom. The molecular weight excluding hydrogens is 314 g/mol. The minimum atomic E-state index is -0.214. The molecule has 5 heteroatoms. The lowest BCUT2D eigenvalue weighted by atomic mass is 10.0. The quantitative estimate of drug-likeness (QED) is 0.749. The van der Waals surface area contributed by atoms with Gasteiger partial charge in [-0.05, 0) is 35.7 Å². The normalized spacial score (nSPS) is 12.3. The molecule has 5 nitrogen and oxygen atoms in total. The van der Waals surface area contributed by atoms with Crippen LogP contribution in [0, 0.1) is 0 Å². The van der Waals surface area contributed by atoms with Gasteiger partial charge in [0.15, 0.2) is 0 Å². The number of para-hydroxylation sites is 1. The molecule has 1 aromatic heterocycles. The Balaban J connectivity index is 1.59. The molecule has 0 atom stereocenters. The largest absolute Gasteiger partial charge is 0.488 e. The van der Waals surface area contributed by atoms with Gasteiger partial charge in [-0.3, -0.25) is 9.89 Å². The van der Waals surface area contributed by atoms with Gasteiger partial charge in [-0.15, -0.1) is 0 Å². The summed E-state index contributed by atoms with van der Waals surface area (Å²) in [7, 11) is 0. The number of anilines is 1. The molecule has 25 heavy (non-hydrogen) atoms. The number of amides is 1. The van der Waals surface area contributed by atoms with Crippen molar-refractivity contribution in [3.05, 3.63) is 65.4 Å². The van der Waals surface area contributed by atoms with E-state index in [1.54, 1.807) is 0 Å². The smallest absolute Gasteiger partial charge is 0.274 e. The second-order valence-electron chi connectivity index (χ2n) is 6.44. The first-order valence-electron chi connectivity index (χ1n) is 8.34. The summed E-state index contributed by atoms with van der Waals surface area (Å²) in [4.78, 5) is 12.6. The predicted octanol–water partition coefficient (Wildman–Crippen LogP) is 4.34. The Kier molecular flexibility index (Phi) is 3.76. The minimum absolute atomic E-state index is 0.214. The van der Waals surface area contributed by atoms with Gasteiger partial charge >= 0.3 is 0 Å². The Bertz CT molecular complexity index is 926. The van der Waals surface area contributed by atoms with Gasteiger partial charge < -0.3 is 10.1 Å². The zero-order chi connectivity index (χ0) is 17.4. The topological polar surface area (TPSA) is 67.0 Å². The average molecular weight is 333 g/mol. The van der Waals surface area contributed by atoms with Crippen LogP contribution in [0.1, 0.15) is 41.4 Å². The third-order valence-electron chi connectivity index (χ3n) is 4.44. The lowest BCUT2D eigenvalue weighted by molar-refractivity contribution is 0.102. The van der Waals surface area contributed by atoms with Gasteiger partial charge in [0.2, 0.25) is 0 Å². The average Bonchev–Trinajstić information content (AvgIpc) is 3.07. The van der Waals surface area contributed by atoms with Crippen molar-refractivity contribution in [1.29, 1.82) is 0 Å². The maximum atomic E-state index is 12.6. The van der Waals surface area contributed by atoms with E-state index < -0.39 is 0 Å². The molecule has 0 fully saturated rings. The fourth-order valence-electron chi connectivity index (χ4n) is 3.00. The third-order valence-corrected chi connectivity index (χ3v) is 4.44. The summed E-state index contributed by atoms with van der Waals surface area (Å²) in [5, 5.41) is 10.1. The lowest BCUT2D eigenvalue weighted by Gasteiger charge is -2.17. The van der Waals surface area contributed by atoms with E-state index in [-0.39, 0.29) is 5.91 Å². The Hall–Kier alpha value is -3.08. The van der Waals surface area contributed by atoms with Crippen LogP contribution < -0.4 is 10.1 Å². The van der Waals surface area contributed by atoms with Crippen LogP contribution in [0.25, 0.3) is 11.3 Å². The number of aromatic nitrogens is 2. The molecule has 2 N–H and O–H groups in total. The van der Waals surface area contributed by atoms with E-state index in [2.05, 4.69) is 29.4 Å². The van der Waals surface area contributed by atoms with Gasteiger partial charge in [-0.25, -0.2) is 0 Å². The fraction of sp³-hybridized carbons (Fsp3) is 0.200. The molecule has 0 aliphatic carbocycles. The van der Waals surface area contributed by atoms with Crippen LogP contribution in [-0.2, 0) is 6.61 Å². The van der Waals surface area contributed by atoms with E-state index in [9.17, 15) is 4.79 Å². The second kappa shape index (κ2) is 6.09. The molecule has 0 unspecified atom stereocenters. The highest BCUT2D eigenvalue weighted by Gasteiger charge is 2.26. The Labute approximate surface area is 146 Å². The Morgan fingerprint density at radius 1 is 1.16 bits per heavy atom. The van der Waals surface area contributed by atoms with E-state index in [1.807, 2.05) is 48.5 Å². The standard InChI is InChI=1S/C20H19N3O2/c1-12(2)13-7-9-14(10-8-13)21-20(24)19-16-11-25-17-6-4-3-5-15(17)18(16)22-23-19/h3-10,12H,11H2,1-2H3,(H,21,24)(H,22,23). The van der Waals surface area contributed by atoms with Crippen molar-refractivity contribution >= 4 is 11.6 Å². The lowest BCUT2D eigenvalue weighted by Crippen LogP contribution is -2.16. The highest BCUT2D eigenvalue weighted by molar-refractivity contribution is 6.05. The van der Waals surface area contributed by atoms with E-state index in [0.29, 0.717) is 18.2 Å². The number of H-pyrrole nitrogens is 1. The minimum Gasteiger partial charge on any atom is -0.488 e. The van der Waals surface area contributed by atoms with Gasteiger partial charge in [-0.1, -0.05) is 38.1 Å². The second-order valence-corrected chi connectivity index (χ2v) is 6.44. The number of carbonyl (C=O) groups excluding carboxylic acids is 1. The van der Waals surface area contributed by atoms with E-state index in [1.165, 1.54) is 5.56 Å². The van der Waals surface area contributed by atoms with E-state index in [0.717, 1.165) is 28.3 Å². The molecule has 4 rings (SSSR count). The van der Waals surface area contributed by atoms with Crippen molar-refractivity contribution in [2.75, 3.05) is 5.32 Å². The van der Waals surface area contributed by atoms with Gasteiger partial charge in [0.1, 0.15) is 23.7 Å². The summed E-state index contributed by atoms with van der Waals surface area (Å²) < 4.78 is 5.75. The maximum Gasteiger partial charge on any atom is 0.274 e. The fourth-order valence-corrected chi connectivity index (χ4v) is 3.00. The number of rotatable bonds is 3. The Morgan fingerprint density at radius 3 is 2.68 bits per heavy atom. The van der Waals surface area contributed by atoms with Gasteiger partial charge in [0.25, 0.3) is 5.91 Å². The molecule has 0 bridgehead atoms. The number of hydrogen-bond donors (Lipinski definition) is 2. The van der Waals surface area contributed by atoms with Crippen LogP contribution in [0.15, 0.2) is 48.5 Å². The molecule has 0 radical (unpaired) electrons. The van der Waals surface area contributed by atoms with Crippen LogP contribution >= 0.6 is 0 Å². The van der Waals surface area contributed by atoms with Gasteiger partial charge in [0.05, 0.1) is 0 Å². The summed E-state index contributed by atoms with van der Waals surface area (Å²) in [6, 6.07) is 15.6. The maximum absolute atomic E-state index is 12.6. The van der Waals surface area contributed by atoms with Gasteiger partial charge in [-0.2, -0.15) is 5.10 Å². The molecule has 1 amide bonds. The molecule has 126 valence electrons. The summed E-state index contributed by atoms with van der Waals surface area (Å²) in [5.41, 5.74) is 4.91. The van der Waals surface area contributed by atoms with Crippen molar-refractivity contribution in [2.45, 2.75) is 26.4 Å². The van der Waals surface area contributed by atoms with E-state index >= 15 is 0 Å². The van der Waals surface area contributed by atoms with Gasteiger partial charge in [0, 0.05) is 16.8 Å². The summed E-state index contributed by atoms with van der Waals surface area (Å²) in [6.07, 6.45) is 0. The zero-order valence-corrected chi connectivity index (χ0v) is 14.2. The van der Waals surface area contributed by atoms with Crippen LogP contribution in [-0.4, -0.2) is 16.1 Å². The van der Waals surface area contributed by atoms with Crippen molar-refractivity contribution in [1.82, 2.24) is 10.2 Å². The third kappa shape index (κ3) is 2.78. The van der Waals surface area contributed by atoms with Crippen molar-refractivity contribution < 1.29 is 9.53 Å². The number of ether oxygens (including phenoxy) is 1. The molecule has 0 saturated heterocycles. The molecule has 2 aromatic carbocycles. The van der Waals surface area contributed by atoms with Crippen molar-refractivity contribution in [3.63, 3.8) is 0 Å². The first-order valence-corrected chi connectivity index (χ1v) is 8.34. The molecule has 0 saturated carbocycles. The number of nitrogens with zero attached hydrogens (tertiary/aromatic N) is 1. The molecule has 0 spiro atoms. The summed E-state index contributed by atoms with van der Waals surface area (Å²) in [6.45, 7) is 4.61. The number of fused-ring (bicyclic) bond motifs is 3. The molecule has 1 aliphatic heterocycles. The number of benzene rings is 2. The van der Waals surface area contributed by atoms with Crippen molar-refractivity contribution in [3.8, 4) is 17.0 Å². The number of carbonyl (C=O) groups is 1. The monoisotopic (exact) mass is 333 g/mol. The van der Waals surface area contributed by atoms with Crippen LogP contribution in [0.5, 0.6) is 5.75 Å². The summed E-state index contributed by atoms with van der Waals surface area (Å²) >= 11 is 0. The van der Waals surface area contributed by atoms with E-state index in [4.69, 9.17) is 4.74 Å².